The zero-order valence-corrected chi connectivity index (χ0v) is 14.5. The maximum absolute atomic E-state index is 13.1. The van der Waals surface area contributed by atoms with E-state index in [4.69, 9.17) is 15.3 Å². The first-order valence-corrected chi connectivity index (χ1v) is 8.74. The molecule has 2 N–H and O–H groups in total. The molecule has 0 aliphatic carbocycles. The molecule has 3 rings (SSSR count). The Hall–Kier alpha value is -2.45. The molecule has 2 aliphatic heterocycles. The van der Waals surface area contributed by atoms with Gasteiger partial charge in [0, 0.05) is 30.9 Å². The Morgan fingerprint density at radius 3 is 2.46 bits per heavy atom. The van der Waals surface area contributed by atoms with Crippen LogP contribution in [-0.2, 0) is 11.3 Å². The maximum atomic E-state index is 13.1. The highest BCUT2D eigenvalue weighted by atomic mass is 19.1. The predicted octanol–water partition coefficient (Wildman–Crippen LogP) is 1.63. The average Bonchev–Trinajstić information content (AvgIpc) is 2.64. The fourth-order valence-electron chi connectivity index (χ4n) is 3.66. The highest BCUT2D eigenvalue weighted by Crippen LogP contribution is 2.29. The van der Waals surface area contributed by atoms with Gasteiger partial charge in [-0.1, -0.05) is 12.1 Å². The quantitative estimate of drug-likeness (QED) is 0.458. The fourth-order valence-corrected chi connectivity index (χ4v) is 3.66. The van der Waals surface area contributed by atoms with Crippen LogP contribution in [-0.4, -0.2) is 42.9 Å². The van der Waals surface area contributed by atoms with Crippen LogP contribution in [0.3, 0.4) is 0 Å². The molecular formula is C19H22FN5O. The first-order chi connectivity index (χ1) is 12.7. The monoisotopic (exact) mass is 355 g/mol. The van der Waals surface area contributed by atoms with Gasteiger partial charge in [0.1, 0.15) is 23.5 Å². The average molecular weight is 355 g/mol. The molecule has 2 saturated heterocycles. The Bertz CT molecular complexity index is 691. The first kappa shape index (κ1) is 18.3. The molecule has 0 aromatic heterocycles. The van der Waals surface area contributed by atoms with E-state index in [0.29, 0.717) is 38.0 Å². The molecule has 2 heterocycles. The van der Waals surface area contributed by atoms with Crippen LogP contribution in [0.1, 0.15) is 18.4 Å². The number of fused-ring (bicyclic) bond motifs is 2. The third-order valence-electron chi connectivity index (χ3n) is 4.93. The van der Waals surface area contributed by atoms with E-state index < -0.39 is 0 Å². The lowest BCUT2D eigenvalue weighted by Crippen LogP contribution is -2.60. The van der Waals surface area contributed by atoms with Gasteiger partial charge in [0.25, 0.3) is 0 Å². The van der Waals surface area contributed by atoms with Crippen LogP contribution in [0, 0.1) is 28.5 Å². The number of halogens is 1. The van der Waals surface area contributed by atoms with Crippen molar-refractivity contribution in [3.63, 3.8) is 0 Å². The molecule has 0 spiro atoms. The summed E-state index contributed by atoms with van der Waals surface area (Å²) in [5.41, 5.74) is 1.17. The Morgan fingerprint density at radius 2 is 1.85 bits per heavy atom. The topological polar surface area (TPSA) is 84.1 Å². The van der Waals surface area contributed by atoms with Gasteiger partial charge in [-0.25, -0.2) is 4.39 Å². The Morgan fingerprint density at radius 1 is 1.19 bits per heavy atom. The summed E-state index contributed by atoms with van der Waals surface area (Å²) in [7, 11) is 0. The number of nitrogens with one attached hydrogen (secondary N) is 2. The largest absolute Gasteiger partial charge is 0.378 e. The van der Waals surface area contributed by atoms with Crippen molar-refractivity contribution in [1.82, 2.24) is 15.5 Å². The molecule has 2 unspecified atom stereocenters. The summed E-state index contributed by atoms with van der Waals surface area (Å²) in [5, 5.41) is 23.8. The summed E-state index contributed by atoms with van der Waals surface area (Å²) >= 11 is 0. The van der Waals surface area contributed by atoms with Gasteiger partial charge in [0.2, 0.25) is 0 Å². The molecule has 0 amide bonds. The lowest BCUT2D eigenvalue weighted by Gasteiger charge is -2.48. The van der Waals surface area contributed by atoms with Crippen molar-refractivity contribution in [1.29, 1.82) is 10.5 Å². The molecule has 0 radical (unpaired) electrons. The van der Waals surface area contributed by atoms with Gasteiger partial charge < -0.3 is 10.1 Å². The molecule has 136 valence electrons. The maximum Gasteiger partial charge on any atom is 0.145 e. The van der Waals surface area contributed by atoms with Crippen molar-refractivity contribution in [2.45, 2.75) is 37.5 Å². The zero-order valence-electron chi connectivity index (χ0n) is 14.5. The SMILES string of the molecule is N#CC(C#N)=CNCNC1CC2COCC(C1)N2Cc1ccc(F)cc1. The number of rotatable bonds is 6. The van der Waals surface area contributed by atoms with E-state index >= 15 is 0 Å². The minimum atomic E-state index is -0.210. The van der Waals surface area contributed by atoms with Crippen LogP contribution < -0.4 is 10.6 Å². The molecule has 0 saturated carbocycles. The molecule has 2 aliphatic rings. The standard InChI is InChI=1S/C19H22FN5O/c20-16-3-1-14(2-4-16)10-25-18-5-17(6-19(25)12-26-11-18)24-13-23-9-15(7-21)8-22/h1-4,9,17-19,23-24H,5-6,10-13H2. The number of morpholine rings is 1. The number of nitriles is 2. The summed E-state index contributed by atoms with van der Waals surface area (Å²) in [4.78, 5) is 2.46. The number of hydrogen-bond acceptors (Lipinski definition) is 6. The van der Waals surface area contributed by atoms with Crippen LogP contribution in [0.4, 0.5) is 4.39 Å². The Balaban J connectivity index is 1.53. The van der Waals surface area contributed by atoms with Crippen LogP contribution in [0.15, 0.2) is 36.0 Å². The summed E-state index contributed by atoms with van der Waals surface area (Å²) in [6.07, 6.45) is 3.36. The molecular weight excluding hydrogens is 333 g/mol. The molecule has 1 aromatic carbocycles. The highest BCUT2D eigenvalue weighted by Gasteiger charge is 2.38. The number of nitrogens with zero attached hydrogens (tertiary/aromatic N) is 3. The molecule has 26 heavy (non-hydrogen) atoms. The highest BCUT2D eigenvalue weighted by molar-refractivity contribution is 5.34. The van der Waals surface area contributed by atoms with Gasteiger partial charge in [-0.05, 0) is 30.5 Å². The second-order valence-corrected chi connectivity index (χ2v) is 6.68. The zero-order chi connectivity index (χ0) is 18.4. The predicted molar refractivity (Wildman–Crippen MR) is 93.8 cm³/mol. The Labute approximate surface area is 152 Å². The van der Waals surface area contributed by atoms with Crippen LogP contribution in [0.2, 0.25) is 0 Å². The summed E-state index contributed by atoms with van der Waals surface area (Å²) < 4.78 is 18.8. The second kappa shape index (κ2) is 8.77. The minimum absolute atomic E-state index is 0.0613. The number of benzene rings is 1. The lowest BCUT2D eigenvalue weighted by molar-refractivity contribution is -0.0852. The van der Waals surface area contributed by atoms with E-state index in [-0.39, 0.29) is 11.4 Å². The first-order valence-electron chi connectivity index (χ1n) is 8.74. The smallest absolute Gasteiger partial charge is 0.145 e. The molecule has 2 bridgehead atoms. The fraction of sp³-hybridized carbons (Fsp3) is 0.474. The summed E-state index contributed by atoms with van der Waals surface area (Å²) in [6.45, 7) is 2.72. The van der Waals surface area contributed by atoms with Gasteiger partial charge in [-0.15, -0.1) is 0 Å². The van der Waals surface area contributed by atoms with Crippen molar-refractivity contribution in [2.24, 2.45) is 0 Å². The normalized spacial score (nSPS) is 25.0. The van der Waals surface area contributed by atoms with Gasteiger partial charge in [0.05, 0.1) is 19.9 Å². The second-order valence-electron chi connectivity index (χ2n) is 6.68. The van der Waals surface area contributed by atoms with E-state index in [1.807, 2.05) is 24.3 Å². The third kappa shape index (κ3) is 4.59. The van der Waals surface area contributed by atoms with E-state index in [9.17, 15) is 4.39 Å². The number of ether oxygens (including phenoxy) is 1. The molecule has 2 atom stereocenters. The summed E-state index contributed by atoms with van der Waals surface area (Å²) in [5.74, 6) is -0.210. The number of hydrogen-bond donors (Lipinski definition) is 2. The van der Waals surface area contributed by atoms with Crippen LogP contribution in [0.5, 0.6) is 0 Å². The molecule has 6 nitrogen and oxygen atoms in total. The summed E-state index contributed by atoms with van der Waals surface area (Å²) in [6, 6.07) is 11.3. The van der Waals surface area contributed by atoms with Gasteiger partial charge >= 0.3 is 0 Å². The van der Waals surface area contributed by atoms with E-state index in [1.54, 1.807) is 0 Å². The van der Waals surface area contributed by atoms with E-state index in [1.165, 1.54) is 18.3 Å². The van der Waals surface area contributed by atoms with E-state index in [0.717, 1.165) is 24.9 Å². The molecule has 1 aromatic rings. The van der Waals surface area contributed by atoms with Crippen LogP contribution >= 0.6 is 0 Å². The van der Waals surface area contributed by atoms with E-state index in [2.05, 4.69) is 15.5 Å². The van der Waals surface area contributed by atoms with Crippen molar-refractivity contribution >= 4 is 0 Å². The van der Waals surface area contributed by atoms with Crippen molar-refractivity contribution < 1.29 is 9.13 Å². The van der Waals surface area contributed by atoms with Crippen LogP contribution in [0.25, 0.3) is 0 Å². The molecule has 7 heteroatoms. The lowest BCUT2D eigenvalue weighted by atomic mass is 9.89. The minimum Gasteiger partial charge on any atom is -0.378 e. The van der Waals surface area contributed by atoms with Gasteiger partial charge in [-0.2, -0.15) is 10.5 Å². The number of allylic oxidation sites excluding steroid dienone is 1. The van der Waals surface area contributed by atoms with Crippen molar-refractivity contribution in [3.05, 3.63) is 47.4 Å². The van der Waals surface area contributed by atoms with Crippen molar-refractivity contribution in [2.75, 3.05) is 19.9 Å². The van der Waals surface area contributed by atoms with Gasteiger partial charge in [-0.3, -0.25) is 10.2 Å². The molecule has 2 fully saturated rings. The van der Waals surface area contributed by atoms with Gasteiger partial charge in [0.15, 0.2) is 0 Å². The number of piperidine rings is 1. The van der Waals surface area contributed by atoms with Crippen molar-refractivity contribution in [3.8, 4) is 12.1 Å². The Kier molecular flexibility index (Phi) is 6.19. The third-order valence-corrected chi connectivity index (χ3v) is 4.93.